The Labute approximate surface area is 153 Å². The first-order valence-corrected chi connectivity index (χ1v) is 8.52. The second-order valence-electron chi connectivity index (χ2n) is 6.55. The van der Waals surface area contributed by atoms with E-state index in [4.69, 9.17) is 9.47 Å². The quantitative estimate of drug-likeness (QED) is 0.726. The van der Waals surface area contributed by atoms with Gasteiger partial charge in [0, 0.05) is 29.2 Å². The van der Waals surface area contributed by atoms with Crippen molar-refractivity contribution in [3.05, 3.63) is 62.9 Å². The number of nitrogens with one attached hydrogen (secondary N) is 2. The Morgan fingerprint density at radius 2 is 1.54 bits per heavy atom. The fourth-order valence-corrected chi connectivity index (χ4v) is 3.35. The second-order valence-corrected chi connectivity index (χ2v) is 6.55. The normalized spacial score (nSPS) is 10.8. The Kier molecular flexibility index (Phi) is 4.89. The van der Waals surface area contributed by atoms with Gasteiger partial charge in [-0.15, -0.1) is 0 Å². The maximum Gasteiger partial charge on any atom is 0.253 e. The van der Waals surface area contributed by atoms with Crippen molar-refractivity contribution in [1.29, 1.82) is 0 Å². The minimum Gasteiger partial charge on any atom is -0.493 e. The van der Waals surface area contributed by atoms with Gasteiger partial charge in [-0.3, -0.25) is 4.79 Å². The summed E-state index contributed by atoms with van der Waals surface area (Å²) in [5.74, 6) is 1.23. The molecule has 0 unspecified atom stereocenters. The predicted octanol–water partition coefficient (Wildman–Crippen LogP) is 4.08. The van der Waals surface area contributed by atoms with Crippen LogP contribution in [0.1, 0.15) is 22.3 Å². The zero-order valence-electron chi connectivity index (χ0n) is 15.8. The number of rotatable bonds is 5. The van der Waals surface area contributed by atoms with E-state index in [1.165, 1.54) is 16.7 Å². The Balaban J connectivity index is 1.96. The molecule has 0 saturated carbocycles. The van der Waals surface area contributed by atoms with Crippen molar-refractivity contribution in [1.82, 2.24) is 4.98 Å². The van der Waals surface area contributed by atoms with E-state index in [9.17, 15) is 4.79 Å². The van der Waals surface area contributed by atoms with E-state index in [1.807, 2.05) is 12.1 Å². The van der Waals surface area contributed by atoms with Crippen LogP contribution in [0.15, 0.2) is 35.1 Å². The number of pyridine rings is 1. The number of aryl methyl sites for hydroxylation is 3. The van der Waals surface area contributed by atoms with E-state index in [2.05, 4.69) is 43.2 Å². The van der Waals surface area contributed by atoms with Gasteiger partial charge in [-0.2, -0.15) is 0 Å². The third kappa shape index (κ3) is 3.38. The molecule has 0 amide bonds. The van der Waals surface area contributed by atoms with Gasteiger partial charge in [0.15, 0.2) is 11.5 Å². The average Bonchev–Trinajstić information content (AvgIpc) is 2.60. The summed E-state index contributed by atoms with van der Waals surface area (Å²) in [5.41, 5.74) is 5.93. The molecule has 1 heterocycles. The zero-order chi connectivity index (χ0) is 18.8. The van der Waals surface area contributed by atoms with Crippen molar-refractivity contribution in [2.45, 2.75) is 27.3 Å². The number of aromatic amines is 1. The molecule has 1 aromatic heterocycles. The maximum absolute atomic E-state index is 12.5. The molecule has 3 aromatic rings. The van der Waals surface area contributed by atoms with Gasteiger partial charge in [0.2, 0.25) is 0 Å². The average molecular weight is 352 g/mol. The predicted molar refractivity (Wildman–Crippen MR) is 106 cm³/mol. The van der Waals surface area contributed by atoms with Crippen LogP contribution in [0.3, 0.4) is 0 Å². The lowest BCUT2D eigenvalue weighted by Crippen LogP contribution is -2.16. The summed E-state index contributed by atoms with van der Waals surface area (Å²) < 4.78 is 10.7. The number of methoxy groups -OCH3 is 2. The van der Waals surface area contributed by atoms with E-state index in [-0.39, 0.29) is 5.56 Å². The Morgan fingerprint density at radius 1 is 0.923 bits per heavy atom. The van der Waals surface area contributed by atoms with Crippen LogP contribution in [0.5, 0.6) is 11.5 Å². The molecule has 0 radical (unpaired) electrons. The third-order valence-corrected chi connectivity index (χ3v) is 4.56. The molecule has 0 aliphatic heterocycles. The highest BCUT2D eigenvalue weighted by Gasteiger charge is 2.10. The van der Waals surface area contributed by atoms with Crippen LogP contribution in [0, 0.1) is 20.8 Å². The number of aromatic nitrogens is 1. The fourth-order valence-electron chi connectivity index (χ4n) is 3.35. The molecule has 2 aromatic carbocycles. The molecule has 2 N–H and O–H groups in total. The van der Waals surface area contributed by atoms with Crippen molar-refractivity contribution < 1.29 is 9.47 Å². The topological polar surface area (TPSA) is 63.3 Å². The monoisotopic (exact) mass is 352 g/mol. The number of anilines is 1. The lowest BCUT2D eigenvalue weighted by atomic mass is 10.0. The second kappa shape index (κ2) is 7.12. The summed E-state index contributed by atoms with van der Waals surface area (Å²) in [5, 5.41) is 4.30. The summed E-state index contributed by atoms with van der Waals surface area (Å²) in [6.07, 6.45) is 0. The van der Waals surface area contributed by atoms with E-state index >= 15 is 0 Å². The van der Waals surface area contributed by atoms with E-state index < -0.39 is 0 Å². The first kappa shape index (κ1) is 17.9. The summed E-state index contributed by atoms with van der Waals surface area (Å²) >= 11 is 0. The van der Waals surface area contributed by atoms with Crippen LogP contribution >= 0.6 is 0 Å². The molecule has 26 heavy (non-hydrogen) atoms. The first-order chi connectivity index (χ1) is 12.4. The standard InChI is InChI=1S/C21H24N2O3/c1-12-6-13(2)20(14(3)7-12)22-11-16-8-15-9-18(25-4)19(26-5)10-17(15)23-21(16)24/h6-10,22H,11H2,1-5H3,(H,23,24). The SMILES string of the molecule is COc1cc2cc(CNc3c(C)cc(C)cc3C)c(=O)[nH]c2cc1OC. The summed E-state index contributed by atoms with van der Waals surface area (Å²) in [4.78, 5) is 15.4. The molecular weight excluding hydrogens is 328 g/mol. The van der Waals surface area contributed by atoms with Crippen molar-refractivity contribution in [2.24, 2.45) is 0 Å². The molecule has 3 rings (SSSR count). The third-order valence-electron chi connectivity index (χ3n) is 4.56. The van der Waals surface area contributed by atoms with Gasteiger partial charge in [-0.1, -0.05) is 17.7 Å². The number of hydrogen-bond donors (Lipinski definition) is 2. The molecule has 0 atom stereocenters. The molecule has 0 saturated heterocycles. The first-order valence-electron chi connectivity index (χ1n) is 8.52. The van der Waals surface area contributed by atoms with Gasteiger partial charge in [-0.25, -0.2) is 0 Å². The Bertz CT molecular complexity index is 999. The lowest BCUT2D eigenvalue weighted by molar-refractivity contribution is 0.356. The van der Waals surface area contributed by atoms with Gasteiger partial charge >= 0.3 is 0 Å². The molecular formula is C21H24N2O3. The van der Waals surface area contributed by atoms with E-state index in [1.54, 1.807) is 20.3 Å². The lowest BCUT2D eigenvalue weighted by Gasteiger charge is -2.14. The van der Waals surface area contributed by atoms with Crippen LogP contribution in [-0.2, 0) is 6.54 Å². The molecule has 0 aliphatic carbocycles. The van der Waals surface area contributed by atoms with E-state index in [0.717, 1.165) is 16.6 Å². The number of fused-ring (bicyclic) bond motifs is 1. The van der Waals surface area contributed by atoms with Crippen molar-refractivity contribution in [2.75, 3.05) is 19.5 Å². The van der Waals surface area contributed by atoms with Crippen LogP contribution in [0.25, 0.3) is 10.9 Å². The fraction of sp³-hybridized carbons (Fsp3) is 0.286. The van der Waals surface area contributed by atoms with Gasteiger partial charge in [0.1, 0.15) is 0 Å². The highest BCUT2D eigenvalue weighted by atomic mass is 16.5. The van der Waals surface area contributed by atoms with Crippen LogP contribution in [-0.4, -0.2) is 19.2 Å². The Morgan fingerprint density at radius 3 is 2.15 bits per heavy atom. The minimum absolute atomic E-state index is 0.111. The zero-order valence-corrected chi connectivity index (χ0v) is 15.8. The number of H-pyrrole nitrogens is 1. The molecule has 0 fully saturated rings. The molecule has 136 valence electrons. The van der Waals surface area contributed by atoms with Gasteiger partial charge in [0.05, 0.1) is 19.7 Å². The number of hydrogen-bond acceptors (Lipinski definition) is 4. The highest BCUT2D eigenvalue weighted by molar-refractivity contribution is 5.83. The van der Waals surface area contributed by atoms with E-state index in [0.29, 0.717) is 23.6 Å². The summed E-state index contributed by atoms with van der Waals surface area (Å²) in [7, 11) is 3.17. The highest BCUT2D eigenvalue weighted by Crippen LogP contribution is 2.31. The molecule has 0 spiro atoms. The van der Waals surface area contributed by atoms with Crippen LogP contribution in [0.2, 0.25) is 0 Å². The van der Waals surface area contributed by atoms with Crippen LogP contribution < -0.4 is 20.3 Å². The minimum atomic E-state index is -0.111. The molecule has 5 nitrogen and oxygen atoms in total. The smallest absolute Gasteiger partial charge is 0.253 e. The largest absolute Gasteiger partial charge is 0.493 e. The number of benzene rings is 2. The maximum atomic E-state index is 12.5. The molecule has 0 aliphatic rings. The molecule has 0 bridgehead atoms. The summed E-state index contributed by atoms with van der Waals surface area (Å²) in [6, 6.07) is 9.81. The van der Waals surface area contributed by atoms with Gasteiger partial charge in [0.25, 0.3) is 5.56 Å². The van der Waals surface area contributed by atoms with Crippen LogP contribution in [0.4, 0.5) is 5.69 Å². The van der Waals surface area contributed by atoms with Crippen molar-refractivity contribution >= 4 is 16.6 Å². The van der Waals surface area contributed by atoms with Crippen molar-refractivity contribution in [3.63, 3.8) is 0 Å². The van der Waals surface area contributed by atoms with Gasteiger partial charge in [-0.05, 0) is 44.0 Å². The number of ether oxygens (including phenoxy) is 2. The Hall–Kier alpha value is -2.95. The van der Waals surface area contributed by atoms with Gasteiger partial charge < -0.3 is 19.8 Å². The van der Waals surface area contributed by atoms with Crippen molar-refractivity contribution in [3.8, 4) is 11.5 Å². The summed E-state index contributed by atoms with van der Waals surface area (Å²) in [6.45, 7) is 6.68. The molecule has 5 heteroatoms.